The molecular formula is C4H4OS2. The number of hydrogen-bond donors (Lipinski definition) is 2. The Morgan fingerprint density at radius 2 is 2.14 bits per heavy atom. The summed E-state index contributed by atoms with van der Waals surface area (Å²) >= 11 is 7.88. The van der Waals surface area contributed by atoms with Crippen molar-refractivity contribution in [1.29, 1.82) is 0 Å². The van der Waals surface area contributed by atoms with Crippen molar-refractivity contribution in [2.75, 3.05) is 0 Å². The number of furan rings is 1. The monoisotopic (exact) mass is 132 g/mol. The van der Waals surface area contributed by atoms with E-state index in [0.717, 1.165) is 4.90 Å². The van der Waals surface area contributed by atoms with E-state index in [4.69, 9.17) is 4.42 Å². The molecule has 3 heteroatoms. The molecule has 0 bridgehead atoms. The van der Waals surface area contributed by atoms with Gasteiger partial charge in [0.1, 0.15) is 0 Å². The van der Waals surface area contributed by atoms with Crippen molar-refractivity contribution in [2.45, 2.75) is 9.99 Å². The molecule has 0 aliphatic rings. The van der Waals surface area contributed by atoms with Gasteiger partial charge in [-0.05, 0) is 6.07 Å². The van der Waals surface area contributed by atoms with Gasteiger partial charge in [0.15, 0.2) is 5.09 Å². The van der Waals surface area contributed by atoms with E-state index in [1.807, 2.05) is 0 Å². The first-order valence-corrected chi connectivity index (χ1v) is 2.65. The van der Waals surface area contributed by atoms with Crippen molar-refractivity contribution in [2.24, 2.45) is 0 Å². The molecule has 0 amide bonds. The number of rotatable bonds is 0. The van der Waals surface area contributed by atoms with E-state index in [2.05, 4.69) is 25.3 Å². The van der Waals surface area contributed by atoms with Gasteiger partial charge in [-0.15, -0.1) is 25.3 Å². The van der Waals surface area contributed by atoms with E-state index >= 15 is 0 Å². The average Bonchev–Trinajstić information content (AvgIpc) is 1.91. The van der Waals surface area contributed by atoms with Crippen LogP contribution in [0.1, 0.15) is 0 Å². The zero-order chi connectivity index (χ0) is 5.28. The normalized spacial score (nSPS) is 9.43. The molecule has 0 atom stereocenters. The van der Waals surface area contributed by atoms with Gasteiger partial charge >= 0.3 is 0 Å². The zero-order valence-electron chi connectivity index (χ0n) is 3.46. The molecule has 0 N–H and O–H groups in total. The van der Waals surface area contributed by atoms with Gasteiger partial charge in [0.2, 0.25) is 0 Å². The molecule has 0 aromatic carbocycles. The molecule has 1 aromatic rings. The molecule has 0 saturated carbocycles. The zero-order valence-corrected chi connectivity index (χ0v) is 5.25. The molecule has 7 heavy (non-hydrogen) atoms. The molecule has 0 saturated heterocycles. The summed E-state index contributed by atoms with van der Waals surface area (Å²) in [4.78, 5) is 0.781. The van der Waals surface area contributed by atoms with Crippen LogP contribution in [0, 0.1) is 0 Å². The van der Waals surface area contributed by atoms with Gasteiger partial charge in [-0.1, -0.05) is 0 Å². The molecule has 0 unspecified atom stereocenters. The second kappa shape index (κ2) is 1.84. The predicted molar refractivity (Wildman–Crippen MR) is 33.2 cm³/mol. The Hall–Kier alpha value is -0.0200. The summed E-state index contributed by atoms with van der Waals surface area (Å²) in [5.41, 5.74) is 0. The molecule has 38 valence electrons. The van der Waals surface area contributed by atoms with Crippen molar-refractivity contribution >= 4 is 25.3 Å². The van der Waals surface area contributed by atoms with Crippen LogP contribution in [0.3, 0.4) is 0 Å². The first kappa shape index (κ1) is 5.12. The van der Waals surface area contributed by atoms with Crippen molar-refractivity contribution in [3.8, 4) is 0 Å². The summed E-state index contributed by atoms with van der Waals surface area (Å²) in [5.74, 6) is 0. The summed E-state index contributed by atoms with van der Waals surface area (Å²) in [5, 5.41) is 0.573. The fraction of sp³-hybridized carbons (Fsp3) is 0. The average molecular weight is 132 g/mol. The first-order valence-electron chi connectivity index (χ1n) is 1.76. The van der Waals surface area contributed by atoms with Crippen LogP contribution in [0.4, 0.5) is 0 Å². The van der Waals surface area contributed by atoms with Crippen LogP contribution in [0.5, 0.6) is 0 Å². The summed E-state index contributed by atoms with van der Waals surface area (Å²) in [6.07, 6.45) is 1.55. The van der Waals surface area contributed by atoms with Gasteiger partial charge in [0.05, 0.1) is 11.2 Å². The molecule has 0 spiro atoms. The lowest BCUT2D eigenvalue weighted by molar-refractivity contribution is 0.465. The van der Waals surface area contributed by atoms with Crippen molar-refractivity contribution in [3.63, 3.8) is 0 Å². The van der Waals surface area contributed by atoms with Crippen LogP contribution in [0.25, 0.3) is 0 Å². The quantitative estimate of drug-likeness (QED) is 0.514. The minimum Gasteiger partial charge on any atom is -0.457 e. The van der Waals surface area contributed by atoms with Crippen LogP contribution < -0.4 is 0 Å². The first-order chi connectivity index (χ1) is 3.30. The molecule has 0 radical (unpaired) electrons. The highest BCUT2D eigenvalue weighted by Crippen LogP contribution is 2.17. The molecule has 1 rings (SSSR count). The lowest BCUT2D eigenvalue weighted by Crippen LogP contribution is -1.50. The Morgan fingerprint density at radius 1 is 1.43 bits per heavy atom. The molecule has 0 aliphatic heterocycles. The Labute approximate surface area is 52.5 Å². The van der Waals surface area contributed by atoms with Gasteiger partial charge in [0.25, 0.3) is 0 Å². The molecule has 1 nitrogen and oxygen atoms in total. The molecule has 0 fully saturated rings. The van der Waals surface area contributed by atoms with E-state index in [-0.39, 0.29) is 0 Å². The Kier molecular flexibility index (Phi) is 1.35. The molecular weight excluding hydrogens is 128 g/mol. The van der Waals surface area contributed by atoms with Crippen molar-refractivity contribution in [1.82, 2.24) is 0 Å². The Bertz CT molecular complexity index is 142. The third kappa shape index (κ3) is 0.951. The topological polar surface area (TPSA) is 13.1 Å². The molecule has 1 aromatic heterocycles. The second-order valence-corrected chi connectivity index (χ2v) is 2.00. The van der Waals surface area contributed by atoms with Crippen LogP contribution in [0.15, 0.2) is 26.7 Å². The lowest BCUT2D eigenvalue weighted by atomic mass is 10.7. The van der Waals surface area contributed by atoms with Gasteiger partial charge < -0.3 is 4.42 Å². The SMILES string of the molecule is Sc1ccoc1S. The van der Waals surface area contributed by atoms with E-state index in [1.54, 1.807) is 12.3 Å². The maximum Gasteiger partial charge on any atom is 0.170 e. The van der Waals surface area contributed by atoms with Crippen LogP contribution in [-0.2, 0) is 0 Å². The van der Waals surface area contributed by atoms with Crippen molar-refractivity contribution in [3.05, 3.63) is 12.3 Å². The largest absolute Gasteiger partial charge is 0.457 e. The van der Waals surface area contributed by atoms with Gasteiger partial charge in [-0.3, -0.25) is 0 Å². The molecule has 1 heterocycles. The van der Waals surface area contributed by atoms with E-state index < -0.39 is 0 Å². The smallest absolute Gasteiger partial charge is 0.170 e. The fourth-order valence-corrected chi connectivity index (χ4v) is 0.544. The summed E-state index contributed by atoms with van der Waals surface area (Å²) in [6, 6.07) is 1.74. The van der Waals surface area contributed by atoms with Crippen LogP contribution in [0.2, 0.25) is 0 Å². The second-order valence-electron chi connectivity index (χ2n) is 1.11. The van der Waals surface area contributed by atoms with Crippen molar-refractivity contribution < 1.29 is 4.42 Å². The summed E-state index contributed by atoms with van der Waals surface area (Å²) in [7, 11) is 0. The van der Waals surface area contributed by atoms with Crippen LogP contribution >= 0.6 is 25.3 Å². The standard InChI is InChI=1S/C4H4OS2/c6-3-1-2-5-4(3)7/h1-2,6-7H. The summed E-state index contributed by atoms with van der Waals surface area (Å²) < 4.78 is 4.75. The minimum absolute atomic E-state index is 0.573. The lowest BCUT2D eigenvalue weighted by Gasteiger charge is -1.77. The maximum atomic E-state index is 4.75. The third-order valence-electron chi connectivity index (χ3n) is 0.625. The van der Waals surface area contributed by atoms with Gasteiger partial charge in [-0.2, -0.15) is 0 Å². The highest BCUT2D eigenvalue weighted by atomic mass is 32.1. The summed E-state index contributed by atoms with van der Waals surface area (Å²) in [6.45, 7) is 0. The number of thiol groups is 2. The minimum atomic E-state index is 0.573. The van der Waals surface area contributed by atoms with E-state index in [9.17, 15) is 0 Å². The Morgan fingerprint density at radius 3 is 2.29 bits per heavy atom. The Balaban J connectivity index is 3.12. The third-order valence-corrected chi connectivity index (χ3v) is 1.50. The fourth-order valence-electron chi connectivity index (χ4n) is 0.295. The maximum absolute atomic E-state index is 4.75. The molecule has 0 aliphatic carbocycles. The van der Waals surface area contributed by atoms with Gasteiger partial charge in [-0.25, -0.2) is 0 Å². The van der Waals surface area contributed by atoms with Crippen LogP contribution in [-0.4, -0.2) is 0 Å². The van der Waals surface area contributed by atoms with E-state index in [0.29, 0.717) is 5.09 Å². The van der Waals surface area contributed by atoms with Gasteiger partial charge in [0, 0.05) is 0 Å². The predicted octanol–water partition coefficient (Wildman–Crippen LogP) is 1.86. The highest BCUT2D eigenvalue weighted by Gasteiger charge is 1.91. The van der Waals surface area contributed by atoms with E-state index in [1.165, 1.54) is 0 Å². The highest BCUT2D eigenvalue weighted by molar-refractivity contribution is 7.83. The number of hydrogen-bond acceptors (Lipinski definition) is 3.